The van der Waals surface area contributed by atoms with Gasteiger partial charge in [-0.1, -0.05) is 19.4 Å². The molecule has 2 atom stereocenters. The summed E-state index contributed by atoms with van der Waals surface area (Å²) in [6.07, 6.45) is 4.13. The van der Waals surface area contributed by atoms with Crippen molar-refractivity contribution in [2.24, 2.45) is 0 Å². The van der Waals surface area contributed by atoms with Crippen LogP contribution in [-0.2, 0) is 0 Å². The molecule has 0 spiro atoms. The largest absolute Gasteiger partial charge is 0.361 e. The first-order valence-electron chi connectivity index (χ1n) is 7.84. The van der Waals surface area contributed by atoms with Crippen molar-refractivity contribution in [2.75, 3.05) is 6.54 Å². The van der Waals surface area contributed by atoms with E-state index in [2.05, 4.69) is 52.2 Å². The van der Waals surface area contributed by atoms with Gasteiger partial charge in [-0.3, -0.25) is 4.98 Å². The van der Waals surface area contributed by atoms with Crippen LogP contribution in [0.4, 0.5) is 0 Å². The molecule has 0 aromatic carbocycles. The van der Waals surface area contributed by atoms with E-state index >= 15 is 0 Å². The molecule has 3 rings (SSSR count). The van der Waals surface area contributed by atoms with E-state index in [0.717, 1.165) is 30.2 Å². The first-order chi connectivity index (χ1) is 10.7. The topological polar surface area (TPSA) is 44.0 Å². The van der Waals surface area contributed by atoms with Crippen molar-refractivity contribution in [2.45, 2.75) is 38.8 Å². The van der Waals surface area contributed by atoms with E-state index in [0.29, 0.717) is 0 Å². The van der Waals surface area contributed by atoms with Crippen LogP contribution in [0, 0.1) is 6.92 Å². The fourth-order valence-electron chi connectivity index (χ4n) is 3.01. The maximum absolute atomic E-state index is 5.59. The molecule has 0 unspecified atom stereocenters. The number of pyridine rings is 1. The summed E-state index contributed by atoms with van der Waals surface area (Å²) >= 11 is 5.59. The summed E-state index contributed by atoms with van der Waals surface area (Å²) in [5.74, 6) is 0. The molecule has 0 saturated carbocycles. The number of hydrogen-bond acceptors (Lipinski definition) is 2. The molecule has 1 fully saturated rings. The van der Waals surface area contributed by atoms with Gasteiger partial charge in [-0.15, -0.1) is 0 Å². The van der Waals surface area contributed by atoms with Crippen LogP contribution in [0.5, 0.6) is 0 Å². The van der Waals surface area contributed by atoms with Gasteiger partial charge in [-0.2, -0.15) is 0 Å². The number of nitrogens with one attached hydrogen (secondary N) is 2. The number of rotatable bonds is 5. The minimum atomic E-state index is 0.0867. The number of aryl methyl sites for hydroxylation is 1. The number of thiocarbonyl (C=S) groups is 1. The van der Waals surface area contributed by atoms with E-state index in [4.69, 9.17) is 12.2 Å². The Hall–Kier alpha value is -1.88. The number of nitrogens with zero attached hydrogens (tertiary/aromatic N) is 2. The molecule has 2 aromatic heterocycles. The lowest BCUT2D eigenvalue weighted by molar-refractivity contribution is 0.307. The zero-order chi connectivity index (χ0) is 15.5. The minimum absolute atomic E-state index is 0.0867. The third kappa shape index (κ3) is 2.86. The predicted molar refractivity (Wildman–Crippen MR) is 92.6 cm³/mol. The highest BCUT2D eigenvalue weighted by Gasteiger charge is 2.39. The highest BCUT2D eigenvalue weighted by Crippen LogP contribution is 2.38. The van der Waals surface area contributed by atoms with Gasteiger partial charge in [0.25, 0.3) is 0 Å². The van der Waals surface area contributed by atoms with Gasteiger partial charge in [0.15, 0.2) is 5.11 Å². The van der Waals surface area contributed by atoms with Gasteiger partial charge in [0, 0.05) is 24.1 Å². The highest BCUT2D eigenvalue weighted by molar-refractivity contribution is 7.80. The van der Waals surface area contributed by atoms with Gasteiger partial charge in [0.2, 0.25) is 0 Å². The molecular formula is C17H22N4S. The lowest BCUT2D eigenvalue weighted by Crippen LogP contribution is -2.30. The van der Waals surface area contributed by atoms with Crippen LogP contribution in [-0.4, -0.2) is 26.5 Å². The smallest absolute Gasteiger partial charge is 0.170 e. The lowest BCUT2D eigenvalue weighted by Gasteiger charge is -2.26. The van der Waals surface area contributed by atoms with E-state index < -0.39 is 0 Å². The Balaban J connectivity index is 1.96. The summed E-state index contributed by atoms with van der Waals surface area (Å²) in [5, 5.41) is 4.28. The summed E-state index contributed by atoms with van der Waals surface area (Å²) in [5.41, 5.74) is 3.39. The highest BCUT2D eigenvalue weighted by atomic mass is 32.1. The van der Waals surface area contributed by atoms with Crippen molar-refractivity contribution >= 4 is 17.3 Å². The van der Waals surface area contributed by atoms with Gasteiger partial charge in [0.05, 0.1) is 17.8 Å². The van der Waals surface area contributed by atoms with Gasteiger partial charge >= 0.3 is 0 Å². The van der Waals surface area contributed by atoms with E-state index in [1.54, 1.807) is 0 Å². The Morgan fingerprint density at radius 1 is 1.27 bits per heavy atom. The maximum atomic E-state index is 5.59. The van der Waals surface area contributed by atoms with Crippen LogP contribution in [0.25, 0.3) is 0 Å². The molecule has 1 aliphatic rings. The average Bonchev–Trinajstić information content (AvgIpc) is 3.09. The molecule has 116 valence electrons. The van der Waals surface area contributed by atoms with Crippen LogP contribution >= 0.6 is 12.2 Å². The molecule has 0 bridgehead atoms. The predicted octanol–water partition coefficient (Wildman–Crippen LogP) is 3.49. The Morgan fingerprint density at radius 2 is 2.14 bits per heavy atom. The molecule has 0 amide bonds. The van der Waals surface area contributed by atoms with Gasteiger partial charge in [-0.25, -0.2) is 0 Å². The third-order valence-corrected chi connectivity index (χ3v) is 4.48. The van der Waals surface area contributed by atoms with Gasteiger partial charge in [0.1, 0.15) is 0 Å². The summed E-state index contributed by atoms with van der Waals surface area (Å²) in [6.45, 7) is 5.25. The Bertz CT molecular complexity index is 637. The summed E-state index contributed by atoms with van der Waals surface area (Å²) in [6, 6.07) is 10.6. The van der Waals surface area contributed by atoms with Crippen molar-refractivity contribution in [1.29, 1.82) is 0 Å². The molecule has 0 aliphatic carbocycles. The van der Waals surface area contributed by atoms with Gasteiger partial charge in [-0.05, 0) is 49.8 Å². The molecule has 5 heteroatoms. The first kappa shape index (κ1) is 15.0. The van der Waals surface area contributed by atoms with E-state index in [9.17, 15) is 0 Å². The lowest BCUT2D eigenvalue weighted by atomic mass is 10.0. The standard InChI is InChI=1S/C17H22N4S/c1-3-4-11-21-16(14-9-8-12(2)19-14)15(20-17(21)22)13-7-5-6-10-18-13/h5-10,15-16,19H,3-4,11H2,1-2H3,(H,20,22)/t15-,16+/m1/s1. The summed E-state index contributed by atoms with van der Waals surface area (Å²) in [4.78, 5) is 10.3. The molecule has 4 nitrogen and oxygen atoms in total. The van der Waals surface area contributed by atoms with E-state index in [-0.39, 0.29) is 12.1 Å². The minimum Gasteiger partial charge on any atom is -0.361 e. The SMILES string of the molecule is CCCCN1C(=S)N[C@H](c2ccccn2)[C@@H]1c1ccc(C)[nH]1. The second-order valence-electron chi connectivity index (χ2n) is 5.77. The molecule has 2 aromatic rings. The monoisotopic (exact) mass is 314 g/mol. The van der Waals surface area contributed by atoms with Crippen molar-refractivity contribution in [3.63, 3.8) is 0 Å². The second kappa shape index (κ2) is 6.48. The zero-order valence-electron chi connectivity index (χ0n) is 13.0. The average molecular weight is 314 g/mol. The van der Waals surface area contributed by atoms with Crippen LogP contribution in [0.1, 0.15) is 48.9 Å². The number of unbranched alkanes of at least 4 members (excludes halogenated alkanes) is 1. The third-order valence-electron chi connectivity index (χ3n) is 4.12. The fraction of sp³-hybridized carbons (Fsp3) is 0.412. The van der Waals surface area contributed by atoms with Gasteiger partial charge < -0.3 is 15.2 Å². The van der Waals surface area contributed by atoms with Crippen molar-refractivity contribution in [3.05, 3.63) is 53.6 Å². The quantitative estimate of drug-likeness (QED) is 0.829. The Kier molecular flexibility index (Phi) is 4.43. The Labute approximate surface area is 136 Å². The van der Waals surface area contributed by atoms with Crippen molar-refractivity contribution in [1.82, 2.24) is 20.2 Å². The molecule has 1 saturated heterocycles. The van der Waals surface area contributed by atoms with Crippen LogP contribution in [0.2, 0.25) is 0 Å². The van der Waals surface area contributed by atoms with E-state index in [1.165, 1.54) is 11.4 Å². The van der Waals surface area contributed by atoms with Crippen LogP contribution < -0.4 is 5.32 Å². The fourth-order valence-corrected chi connectivity index (χ4v) is 3.34. The van der Waals surface area contributed by atoms with Crippen LogP contribution in [0.3, 0.4) is 0 Å². The van der Waals surface area contributed by atoms with E-state index in [1.807, 2.05) is 18.3 Å². The summed E-state index contributed by atoms with van der Waals surface area (Å²) in [7, 11) is 0. The first-order valence-corrected chi connectivity index (χ1v) is 8.25. The molecule has 0 radical (unpaired) electrons. The number of aromatic nitrogens is 2. The zero-order valence-corrected chi connectivity index (χ0v) is 13.9. The summed E-state index contributed by atoms with van der Waals surface area (Å²) < 4.78 is 0. The number of H-pyrrole nitrogens is 1. The maximum Gasteiger partial charge on any atom is 0.170 e. The Morgan fingerprint density at radius 3 is 2.77 bits per heavy atom. The van der Waals surface area contributed by atoms with Crippen molar-refractivity contribution < 1.29 is 0 Å². The second-order valence-corrected chi connectivity index (χ2v) is 6.16. The molecule has 22 heavy (non-hydrogen) atoms. The number of aromatic amines is 1. The normalized spacial score (nSPS) is 21.2. The molecule has 2 N–H and O–H groups in total. The number of hydrogen-bond donors (Lipinski definition) is 2. The van der Waals surface area contributed by atoms with Crippen LogP contribution in [0.15, 0.2) is 36.5 Å². The molecule has 1 aliphatic heterocycles. The molecular weight excluding hydrogens is 292 g/mol. The van der Waals surface area contributed by atoms with Crippen molar-refractivity contribution in [3.8, 4) is 0 Å². The molecule has 3 heterocycles.